The molecule has 0 aromatic carbocycles. The lowest BCUT2D eigenvalue weighted by Crippen LogP contribution is -2.46. The predicted molar refractivity (Wildman–Crippen MR) is 42.9 cm³/mol. The number of nitrogens with two attached hydrogens (primary N) is 1. The number of rotatable bonds is 2. The van der Waals surface area contributed by atoms with Gasteiger partial charge in [-0.3, -0.25) is 11.2 Å². The van der Waals surface area contributed by atoms with Gasteiger partial charge in [-0.05, 0) is 12.1 Å². The molecule has 0 saturated carbocycles. The van der Waals surface area contributed by atoms with E-state index in [0.29, 0.717) is 0 Å². The fourth-order valence-corrected chi connectivity index (χ4v) is 0.921. The number of nitrogen functional groups attached to an aromatic ring is 1. The van der Waals surface area contributed by atoms with Gasteiger partial charge >= 0.3 is 5.82 Å². The third-order valence-electron chi connectivity index (χ3n) is 1.44. The lowest BCUT2D eigenvalue weighted by atomic mass is 10.4. The molecule has 4 nitrogen and oxygen atoms in total. The SMILES string of the molecule is CNc1c(OC)ccc[n+]1N. The molecule has 60 valence electrons. The van der Waals surface area contributed by atoms with Crippen molar-refractivity contribution in [2.24, 2.45) is 0 Å². The third kappa shape index (κ3) is 1.34. The fraction of sp³-hybridized carbons (Fsp3) is 0.286. The van der Waals surface area contributed by atoms with Crippen molar-refractivity contribution in [1.29, 1.82) is 0 Å². The van der Waals surface area contributed by atoms with Gasteiger partial charge in [0.2, 0.25) is 5.75 Å². The van der Waals surface area contributed by atoms with Crippen molar-refractivity contribution in [2.45, 2.75) is 0 Å². The van der Waals surface area contributed by atoms with Crippen LogP contribution < -0.4 is 20.6 Å². The van der Waals surface area contributed by atoms with Crippen molar-refractivity contribution < 1.29 is 9.41 Å². The molecular formula is C7H12N3O+. The Kier molecular flexibility index (Phi) is 2.15. The molecule has 0 radical (unpaired) electrons. The number of methoxy groups -OCH3 is 1. The first-order valence-electron chi connectivity index (χ1n) is 3.31. The largest absolute Gasteiger partial charge is 0.489 e. The molecule has 0 aliphatic rings. The summed E-state index contributed by atoms with van der Waals surface area (Å²) < 4.78 is 6.52. The van der Waals surface area contributed by atoms with E-state index in [1.54, 1.807) is 20.4 Å². The number of pyridine rings is 1. The average Bonchev–Trinajstić information content (AvgIpc) is 2.04. The van der Waals surface area contributed by atoms with Gasteiger partial charge in [-0.25, -0.2) is 0 Å². The molecule has 0 aliphatic carbocycles. The summed E-state index contributed by atoms with van der Waals surface area (Å²) in [6.07, 6.45) is 1.74. The second-order valence-electron chi connectivity index (χ2n) is 2.08. The molecule has 0 aliphatic heterocycles. The lowest BCUT2D eigenvalue weighted by molar-refractivity contribution is -0.624. The highest BCUT2D eigenvalue weighted by atomic mass is 16.5. The Bertz CT molecular complexity index is 249. The molecule has 1 aromatic heterocycles. The van der Waals surface area contributed by atoms with Gasteiger partial charge in [0.15, 0.2) is 0 Å². The number of anilines is 1. The smallest absolute Gasteiger partial charge is 0.340 e. The second kappa shape index (κ2) is 3.09. The van der Waals surface area contributed by atoms with E-state index in [4.69, 9.17) is 10.6 Å². The minimum atomic E-state index is 0.734. The zero-order valence-electron chi connectivity index (χ0n) is 6.66. The summed E-state index contributed by atoms with van der Waals surface area (Å²) in [6, 6.07) is 3.66. The molecule has 4 heteroatoms. The maximum Gasteiger partial charge on any atom is 0.340 e. The van der Waals surface area contributed by atoms with Gasteiger partial charge in [0.25, 0.3) is 0 Å². The van der Waals surface area contributed by atoms with Crippen LogP contribution in [0.4, 0.5) is 5.82 Å². The number of ether oxygens (including phenoxy) is 1. The van der Waals surface area contributed by atoms with Crippen LogP contribution in [0.25, 0.3) is 0 Å². The Labute approximate surface area is 65.6 Å². The van der Waals surface area contributed by atoms with Crippen LogP contribution in [-0.4, -0.2) is 14.2 Å². The van der Waals surface area contributed by atoms with Crippen molar-refractivity contribution >= 4 is 5.82 Å². The van der Waals surface area contributed by atoms with Crippen molar-refractivity contribution in [3.8, 4) is 5.75 Å². The van der Waals surface area contributed by atoms with Crippen LogP contribution in [0.1, 0.15) is 0 Å². The molecule has 1 heterocycles. The average molecular weight is 154 g/mol. The third-order valence-corrected chi connectivity index (χ3v) is 1.44. The van der Waals surface area contributed by atoms with Crippen molar-refractivity contribution in [1.82, 2.24) is 0 Å². The highest BCUT2D eigenvalue weighted by Crippen LogP contribution is 2.16. The van der Waals surface area contributed by atoms with E-state index in [-0.39, 0.29) is 0 Å². The number of hydrogen-bond donors (Lipinski definition) is 2. The Morgan fingerprint density at radius 2 is 2.36 bits per heavy atom. The van der Waals surface area contributed by atoms with E-state index in [1.807, 2.05) is 12.1 Å². The van der Waals surface area contributed by atoms with Crippen LogP contribution >= 0.6 is 0 Å². The first-order valence-corrected chi connectivity index (χ1v) is 3.31. The van der Waals surface area contributed by atoms with Crippen LogP contribution in [-0.2, 0) is 0 Å². The molecule has 0 atom stereocenters. The van der Waals surface area contributed by atoms with E-state index in [0.717, 1.165) is 11.6 Å². The normalized spacial score (nSPS) is 9.27. The predicted octanol–water partition coefficient (Wildman–Crippen LogP) is -0.262. The molecule has 0 saturated heterocycles. The molecule has 0 amide bonds. The van der Waals surface area contributed by atoms with Gasteiger partial charge in [0.05, 0.1) is 14.2 Å². The summed E-state index contributed by atoms with van der Waals surface area (Å²) in [5.74, 6) is 7.07. The summed E-state index contributed by atoms with van der Waals surface area (Å²) in [5, 5.41) is 2.93. The number of nitrogens with one attached hydrogen (secondary N) is 1. The fourth-order valence-electron chi connectivity index (χ4n) is 0.921. The Morgan fingerprint density at radius 3 is 2.82 bits per heavy atom. The van der Waals surface area contributed by atoms with Crippen LogP contribution in [0.2, 0.25) is 0 Å². The molecule has 0 spiro atoms. The van der Waals surface area contributed by atoms with Crippen LogP contribution in [0, 0.1) is 0 Å². The van der Waals surface area contributed by atoms with Gasteiger partial charge < -0.3 is 4.74 Å². The molecule has 0 bridgehead atoms. The summed E-state index contributed by atoms with van der Waals surface area (Å²) in [5.41, 5.74) is 0. The monoisotopic (exact) mass is 154 g/mol. The maximum absolute atomic E-state index is 5.58. The van der Waals surface area contributed by atoms with Crippen molar-refractivity contribution in [2.75, 3.05) is 25.3 Å². The zero-order valence-corrected chi connectivity index (χ0v) is 6.66. The van der Waals surface area contributed by atoms with E-state index in [2.05, 4.69) is 5.32 Å². The highest BCUT2D eigenvalue weighted by Gasteiger charge is 2.10. The topological polar surface area (TPSA) is 51.2 Å². The standard InChI is InChI=1S/C7H11N3O/c1-9-7-6(11-2)4-3-5-10(7)8/h3-5H,8H2,1-2H3/p+1. The molecule has 1 rings (SSSR count). The summed E-state index contributed by atoms with van der Waals surface area (Å²) >= 11 is 0. The number of nitrogens with zero attached hydrogens (tertiary/aromatic N) is 1. The van der Waals surface area contributed by atoms with Gasteiger partial charge in [0.1, 0.15) is 6.20 Å². The van der Waals surface area contributed by atoms with Crippen molar-refractivity contribution in [3.63, 3.8) is 0 Å². The van der Waals surface area contributed by atoms with Crippen LogP contribution in [0.5, 0.6) is 5.75 Å². The Morgan fingerprint density at radius 1 is 1.64 bits per heavy atom. The Balaban J connectivity index is 3.13. The van der Waals surface area contributed by atoms with E-state index in [9.17, 15) is 0 Å². The number of hydrogen-bond acceptors (Lipinski definition) is 3. The summed E-state index contributed by atoms with van der Waals surface area (Å²) in [6.45, 7) is 0. The van der Waals surface area contributed by atoms with Gasteiger partial charge in [0, 0.05) is 0 Å². The first-order chi connectivity index (χ1) is 5.29. The number of aromatic nitrogens is 1. The zero-order chi connectivity index (χ0) is 8.27. The maximum atomic E-state index is 5.58. The van der Waals surface area contributed by atoms with E-state index < -0.39 is 0 Å². The van der Waals surface area contributed by atoms with E-state index in [1.165, 1.54) is 4.68 Å². The molecule has 3 N–H and O–H groups in total. The Hall–Kier alpha value is -1.45. The van der Waals surface area contributed by atoms with Gasteiger partial charge in [-0.15, -0.1) is 4.68 Å². The first kappa shape index (κ1) is 7.65. The van der Waals surface area contributed by atoms with E-state index >= 15 is 0 Å². The summed E-state index contributed by atoms with van der Waals surface area (Å²) in [7, 11) is 3.40. The highest BCUT2D eigenvalue weighted by molar-refractivity contribution is 5.44. The minimum absolute atomic E-state index is 0.734. The molecule has 11 heavy (non-hydrogen) atoms. The molecule has 0 fully saturated rings. The van der Waals surface area contributed by atoms with Crippen LogP contribution in [0.15, 0.2) is 18.3 Å². The van der Waals surface area contributed by atoms with Gasteiger partial charge in [-0.2, -0.15) is 0 Å². The van der Waals surface area contributed by atoms with Crippen LogP contribution in [0.3, 0.4) is 0 Å². The van der Waals surface area contributed by atoms with Crippen molar-refractivity contribution in [3.05, 3.63) is 18.3 Å². The summed E-state index contributed by atoms with van der Waals surface area (Å²) in [4.78, 5) is 0. The molecule has 1 aromatic rings. The van der Waals surface area contributed by atoms with Gasteiger partial charge in [-0.1, -0.05) is 0 Å². The quantitative estimate of drug-likeness (QED) is 0.456. The molecule has 0 unspecified atom stereocenters. The lowest BCUT2D eigenvalue weighted by Gasteiger charge is -2.03. The second-order valence-corrected chi connectivity index (χ2v) is 2.08. The minimum Gasteiger partial charge on any atom is -0.489 e. The molecular weight excluding hydrogens is 142 g/mol.